The Kier molecular flexibility index (Phi) is 7.16. The minimum Gasteiger partial charge on any atom is -0.405 e. The third-order valence-electron chi connectivity index (χ3n) is 5.21. The Morgan fingerprint density at radius 1 is 1.19 bits per heavy atom. The van der Waals surface area contributed by atoms with Crippen molar-refractivity contribution in [3.8, 4) is 5.75 Å². The fourth-order valence-electron chi connectivity index (χ4n) is 3.54. The Morgan fingerprint density at radius 2 is 1.90 bits per heavy atom. The second-order valence-corrected chi connectivity index (χ2v) is 7.51. The predicted molar refractivity (Wildman–Crippen MR) is 110 cm³/mol. The zero-order valence-electron chi connectivity index (χ0n) is 16.7. The molecule has 0 atom stereocenters. The maximum Gasteiger partial charge on any atom is 0.573 e. The highest BCUT2D eigenvalue weighted by Gasteiger charge is 2.32. The van der Waals surface area contributed by atoms with Crippen molar-refractivity contribution in [2.45, 2.75) is 44.6 Å². The van der Waals surface area contributed by atoms with E-state index in [1.807, 2.05) is 0 Å². The van der Waals surface area contributed by atoms with Crippen molar-refractivity contribution in [3.05, 3.63) is 52.2 Å². The number of anilines is 2. The number of nitrogens with two attached hydrogens (primary N) is 1. The summed E-state index contributed by atoms with van der Waals surface area (Å²) in [4.78, 5) is 14.8. The predicted octanol–water partition coefficient (Wildman–Crippen LogP) is 4.43. The molecule has 1 aromatic carbocycles. The Morgan fingerprint density at radius 3 is 2.58 bits per heavy atom. The van der Waals surface area contributed by atoms with Gasteiger partial charge in [0.25, 0.3) is 0 Å². The molecule has 0 saturated heterocycles. The molecule has 1 aromatic heterocycles. The van der Waals surface area contributed by atoms with E-state index in [9.17, 15) is 23.3 Å². The van der Waals surface area contributed by atoms with E-state index < -0.39 is 11.3 Å². The fraction of sp³-hybridized carbons (Fsp3) is 0.450. The number of hydrogen-bond donors (Lipinski definition) is 3. The van der Waals surface area contributed by atoms with Crippen molar-refractivity contribution >= 4 is 17.2 Å². The molecule has 3 rings (SSSR count). The number of benzene rings is 1. The molecule has 1 aliphatic rings. The SMILES string of the molecule is NC1CCC(CNc2cc(NCc3ccccc3OC(F)(F)F)ncc2[N+](=O)[O-])CC1. The first-order chi connectivity index (χ1) is 14.7. The van der Waals surface area contributed by atoms with E-state index in [0.29, 0.717) is 24.0 Å². The first-order valence-electron chi connectivity index (χ1n) is 9.92. The minimum absolute atomic E-state index is 0.00296. The van der Waals surface area contributed by atoms with E-state index in [4.69, 9.17) is 5.73 Å². The Balaban J connectivity index is 1.68. The Bertz CT molecular complexity index is 902. The molecule has 0 aliphatic heterocycles. The number of nitro groups is 1. The maximum absolute atomic E-state index is 12.6. The third kappa shape index (κ3) is 6.71. The van der Waals surface area contributed by atoms with Crippen LogP contribution in [0.4, 0.5) is 30.4 Å². The van der Waals surface area contributed by atoms with E-state index >= 15 is 0 Å². The average molecular weight is 439 g/mol. The topological polar surface area (TPSA) is 115 Å². The lowest BCUT2D eigenvalue weighted by Gasteiger charge is -2.26. The zero-order chi connectivity index (χ0) is 22.4. The summed E-state index contributed by atoms with van der Waals surface area (Å²) in [5.41, 5.74) is 6.32. The van der Waals surface area contributed by atoms with Crippen molar-refractivity contribution in [1.82, 2.24) is 4.98 Å². The largest absolute Gasteiger partial charge is 0.573 e. The average Bonchev–Trinajstić information content (AvgIpc) is 2.71. The van der Waals surface area contributed by atoms with Gasteiger partial charge in [-0.1, -0.05) is 18.2 Å². The summed E-state index contributed by atoms with van der Waals surface area (Å²) in [5.74, 6) is 0.342. The Hall–Kier alpha value is -3.08. The summed E-state index contributed by atoms with van der Waals surface area (Å²) in [5, 5.41) is 17.4. The number of nitrogens with zero attached hydrogens (tertiary/aromatic N) is 2. The van der Waals surface area contributed by atoms with E-state index in [2.05, 4.69) is 20.4 Å². The molecular weight excluding hydrogens is 415 g/mol. The number of pyridine rings is 1. The number of aromatic nitrogens is 1. The zero-order valence-corrected chi connectivity index (χ0v) is 16.7. The highest BCUT2D eigenvalue weighted by atomic mass is 19.4. The highest BCUT2D eigenvalue weighted by molar-refractivity contribution is 5.65. The van der Waals surface area contributed by atoms with Gasteiger partial charge in [-0.3, -0.25) is 10.1 Å². The number of hydrogen-bond acceptors (Lipinski definition) is 7. The van der Waals surface area contributed by atoms with Crippen molar-refractivity contribution < 1.29 is 22.8 Å². The molecule has 0 bridgehead atoms. The molecule has 168 valence electrons. The molecule has 4 N–H and O–H groups in total. The quantitative estimate of drug-likeness (QED) is 0.412. The van der Waals surface area contributed by atoms with Crippen LogP contribution >= 0.6 is 0 Å². The molecule has 1 saturated carbocycles. The van der Waals surface area contributed by atoms with Gasteiger partial charge in [-0.15, -0.1) is 13.2 Å². The standard InChI is InChI=1S/C20H24F3N5O3/c21-20(22,23)31-18-4-2-1-3-14(18)11-26-19-9-16(17(12-27-19)28(29)30)25-10-13-5-7-15(24)8-6-13/h1-4,9,12-13,15H,5-8,10-11,24H2,(H2,25,26,27). The molecule has 0 radical (unpaired) electrons. The van der Waals surface area contributed by atoms with Crippen LogP contribution in [0, 0.1) is 16.0 Å². The lowest BCUT2D eigenvalue weighted by molar-refractivity contribution is -0.384. The van der Waals surface area contributed by atoms with E-state index in [1.54, 1.807) is 6.07 Å². The summed E-state index contributed by atoms with van der Waals surface area (Å²) < 4.78 is 41.8. The van der Waals surface area contributed by atoms with Gasteiger partial charge in [0, 0.05) is 30.8 Å². The summed E-state index contributed by atoms with van der Waals surface area (Å²) in [7, 11) is 0. The summed E-state index contributed by atoms with van der Waals surface area (Å²) in [6.07, 6.45) is 0.0810. The van der Waals surface area contributed by atoms with Gasteiger partial charge in [-0.05, 0) is 37.7 Å². The number of para-hydroxylation sites is 1. The van der Waals surface area contributed by atoms with Crippen LogP contribution in [0.15, 0.2) is 36.5 Å². The van der Waals surface area contributed by atoms with Gasteiger partial charge in [0.15, 0.2) is 0 Å². The van der Waals surface area contributed by atoms with Gasteiger partial charge < -0.3 is 21.1 Å². The monoisotopic (exact) mass is 439 g/mol. The van der Waals surface area contributed by atoms with Crippen LogP contribution < -0.4 is 21.1 Å². The highest BCUT2D eigenvalue weighted by Crippen LogP contribution is 2.30. The van der Waals surface area contributed by atoms with E-state index in [1.165, 1.54) is 24.3 Å². The Labute approximate surface area is 177 Å². The van der Waals surface area contributed by atoms with E-state index in [-0.39, 0.29) is 29.6 Å². The molecule has 1 fully saturated rings. The minimum atomic E-state index is -4.80. The number of alkyl halides is 3. The van der Waals surface area contributed by atoms with Crippen LogP contribution in [0.1, 0.15) is 31.2 Å². The molecule has 31 heavy (non-hydrogen) atoms. The van der Waals surface area contributed by atoms with Crippen molar-refractivity contribution in [3.63, 3.8) is 0 Å². The van der Waals surface area contributed by atoms with Crippen LogP contribution in [0.25, 0.3) is 0 Å². The molecule has 0 spiro atoms. The molecule has 0 unspecified atom stereocenters. The van der Waals surface area contributed by atoms with Crippen LogP contribution in [-0.4, -0.2) is 28.9 Å². The maximum atomic E-state index is 12.6. The summed E-state index contributed by atoms with van der Waals surface area (Å²) >= 11 is 0. The molecule has 2 aromatic rings. The van der Waals surface area contributed by atoms with Crippen LogP contribution in [-0.2, 0) is 6.54 Å². The molecule has 1 aliphatic carbocycles. The van der Waals surface area contributed by atoms with Gasteiger partial charge in [-0.25, -0.2) is 4.98 Å². The number of halogens is 3. The van der Waals surface area contributed by atoms with Crippen molar-refractivity contribution in [2.24, 2.45) is 11.7 Å². The van der Waals surface area contributed by atoms with Gasteiger partial charge in [0.05, 0.1) is 4.92 Å². The first-order valence-corrected chi connectivity index (χ1v) is 9.92. The first kappa shape index (κ1) is 22.6. The lowest BCUT2D eigenvalue weighted by atomic mass is 9.86. The summed E-state index contributed by atoms with van der Waals surface area (Å²) in [6, 6.07) is 7.44. The molecular formula is C20H24F3N5O3. The number of nitrogens with one attached hydrogen (secondary N) is 2. The van der Waals surface area contributed by atoms with Gasteiger partial charge in [0.2, 0.25) is 0 Å². The number of rotatable bonds is 8. The van der Waals surface area contributed by atoms with Gasteiger partial charge in [0.1, 0.15) is 23.5 Å². The van der Waals surface area contributed by atoms with E-state index in [0.717, 1.165) is 31.9 Å². The lowest BCUT2D eigenvalue weighted by Crippen LogP contribution is -2.29. The molecule has 0 amide bonds. The van der Waals surface area contributed by atoms with Crippen molar-refractivity contribution in [2.75, 3.05) is 17.2 Å². The molecule has 8 nitrogen and oxygen atoms in total. The fourth-order valence-corrected chi connectivity index (χ4v) is 3.54. The van der Waals surface area contributed by atoms with Gasteiger partial charge >= 0.3 is 12.0 Å². The van der Waals surface area contributed by atoms with Crippen LogP contribution in [0.2, 0.25) is 0 Å². The number of ether oxygens (including phenoxy) is 1. The van der Waals surface area contributed by atoms with Crippen LogP contribution in [0.5, 0.6) is 5.75 Å². The van der Waals surface area contributed by atoms with Crippen molar-refractivity contribution in [1.29, 1.82) is 0 Å². The van der Waals surface area contributed by atoms with Crippen LogP contribution in [0.3, 0.4) is 0 Å². The summed E-state index contributed by atoms with van der Waals surface area (Å²) in [6.45, 7) is 0.566. The normalized spacial score (nSPS) is 19.0. The second-order valence-electron chi connectivity index (χ2n) is 7.51. The third-order valence-corrected chi connectivity index (χ3v) is 5.21. The van der Waals surface area contributed by atoms with Gasteiger partial charge in [-0.2, -0.15) is 0 Å². The molecule has 11 heteroatoms. The smallest absolute Gasteiger partial charge is 0.405 e. The molecule has 1 heterocycles. The second kappa shape index (κ2) is 9.82.